The van der Waals surface area contributed by atoms with Gasteiger partial charge in [0.05, 0.1) is 19.7 Å². The van der Waals surface area contributed by atoms with Gasteiger partial charge in [-0.25, -0.2) is 0 Å². The van der Waals surface area contributed by atoms with E-state index in [-0.39, 0.29) is 11.9 Å². The highest BCUT2D eigenvalue weighted by molar-refractivity contribution is 5.79. The van der Waals surface area contributed by atoms with E-state index in [4.69, 9.17) is 4.74 Å². The van der Waals surface area contributed by atoms with Crippen LogP contribution in [0.25, 0.3) is 0 Å². The maximum Gasteiger partial charge on any atom is 0.237 e. The van der Waals surface area contributed by atoms with Gasteiger partial charge in [-0.05, 0) is 37.6 Å². The largest absolute Gasteiger partial charge is 0.497 e. The molecule has 8 heteroatoms. The fourth-order valence-corrected chi connectivity index (χ4v) is 4.29. The third kappa shape index (κ3) is 4.43. The van der Waals surface area contributed by atoms with Crippen molar-refractivity contribution in [2.45, 2.75) is 38.4 Å². The first-order valence-corrected chi connectivity index (χ1v) is 10.4. The molecule has 1 N–H and O–H groups in total. The van der Waals surface area contributed by atoms with Gasteiger partial charge in [0, 0.05) is 39.1 Å². The number of carbonyl (C=O) groups is 1. The van der Waals surface area contributed by atoms with Crippen LogP contribution in [0.15, 0.2) is 24.3 Å². The lowest BCUT2D eigenvalue weighted by atomic mass is 10.2. The van der Waals surface area contributed by atoms with Crippen LogP contribution in [0, 0.1) is 0 Å². The minimum absolute atomic E-state index is 0.0382. The van der Waals surface area contributed by atoms with E-state index in [1.165, 1.54) is 0 Å². The summed E-state index contributed by atoms with van der Waals surface area (Å²) < 4.78 is 7.43. The van der Waals surface area contributed by atoms with Gasteiger partial charge < -0.3 is 19.5 Å². The fraction of sp³-hybridized carbons (Fsp3) is 0.571. The maximum atomic E-state index is 13.1. The molecule has 1 saturated heterocycles. The van der Waals surface area contributed by atoms with Crippen LogP contribution in [0.3, 0.4) is 0 Å². The number of likely N-dealkylation sites (tertiary alicyclic amines) is 1. The van der Waals surface area contributed by atoms with Crippen molar-refractivity contribution in [1.82, 2.24) is 29.9 Å². The summed E-state index contributed by atoms with van der Waals surface area (Å²) in [7, 11) is 3.65. The van der Waals surface area contributed by atoms with Crippen molar-refractivity contribution in [3.05, 3.63) is 41.5 Å². The fourth-order valence-electron chi connectivity index (χ4n) is 4.29. The van der Waals surface area contributed by atoms with Crippen molar-refractivity contribution in [3.63, 3.8) is 0 Å². The Hall–Kier alpha value is -2.45. The van der Waals surface area contributed by atoms with Gasteiger partial charge >= 0.3 is 0 Å². The lowest BCUT2D eigenvalue weighted by Gasteiger charge is -2.27. The van der Waals surface area contributed by atoms with Crippen molar-refractivity contribution in [2.75, 3.05) is 40.3 Å². The number of nitrogens with zero attached hydrogens (tertiary/aromatic N) is 5. The van der Waals surface area contributed by atoms with Gasteiger partial charge in [0.15, 0.2) is 5.82 Å². The van der Waals surface area contributed by atoms with Crippen molar-refractivity contribution < 1.29 is 9.53 Å². The van der Waals surface area contributed by atoms with Crippen molar-refractivity contribution in [2.24, 2.45) is 0 Å². The molecule has 2 aliphatic heterocycles. The number of ether oxygens (including phenoxy) is 1. The minimum Gasteiger partial charge on any atom is -0.497 e. The Bertz CT molecular complexity index is 834. The molecule has 29 heavy (non-hydrogen) atoms. The Labute approximate surface area is 171 Å². The molecule has 0 aliphatic carbocycles. The number of nitrogens with one attached hydrogen (secondary N) is 1. The Kier molecular flexibility index (Phi) is 6.10. The van der Waals surface area contributed by atoms with Crippen molar-refractivity contribution in [3.8, 4) is 5.75 Å². The van der Waals surface area contributed by atoms with E-state index >= 15 is 0 Å². The predicted octanol–water partition coefficient (Wildman–Crippen LogP) is 1.23. The number of rotatable bonds is 6. The topological polar surface area (TPSA) is 75.5 Å². The molecule has 0 unspecified atom stereocenters. The summed E-state index contributed by atoms with van der Waals surface area (Å²) in [4.78, 5) is 17.1. The number of aromatic nitrogens is 3. The third-order valence-corrected chi connectivity index (χ3v) is 5.78. The molecule has 8 nitrogen and oxygen atoms in total. The molecular weight excluding hydrogens is 368 g/mol. The van der Waals surface area contributed by atoms with Crippen LogP contribution in [0.5, 0.6) is 5.75 Å². The number of carbonyl (C=O) groups excluding carboxylic acids is 1. The Morgan fingerprint density at radius 2 is 2.07 bits per heavy atom. The molecule has 0 spiro atoms. The second-order valence-electron chi connectivity index (χ2n) is 7.89. The molecule has 156 valence electrons. The summed E-state index contributed by atoms with van der Waals surface area (Å²) >= 11 is 0. The number of methoxy groups -OCH3 is 1. The summed E-state index contributed by atoms with van der Waals surface area (Å²) in [5.41, 5.74) is 1.16. The number of hydrogen-bond donors (Lipinski definition) is 1. The molecule has 1 atom stereocenters. The van der Waals surface area contributed by atoms with E-state index in [1.807, 2.05) is 36.2 Å². The third-order valence-electron chi connectivity index (χ3n) is 5.78. The van der Waals surface area contributed by atoms with E-state index in [0.717, 1.165) is 74.9 Å². The van der Waals surface area contributed by atoms with Crippen LogP contribution in [-0.2, 0) is 24.3 Å². The van der Waals surface area contributed by atoms with Gasteiger partial charge in [-0.3, -0.25) is 9.69 Å². The average Bonchev–Trinajstić information content (AvgIpc) is 3.29. The lowest BCUT2D eigenvalue weighted by molar-refractivity contribution is -0.133. The summed E-state index contributed by atoms with van der Waals surface area (Å²) in [6, 6.07) is 8.02. The van der Waals surface area contributed by atoms with Crippen LogP contribution >= 0.6 is 0 Å². The Morgan fingerprint density at radius 1 is 1.24 bits per heavy atom. The summed E-state index contributed by atoms with van der Waals surface area (Å²) in [5, 5.41) is 12.3. The standard InChI is InChI=1S/C21H30N6O2/c1-25(14-16-5-7-17(29-2)8-6-16)15-20(28)26-12-3-4-18(26)21-24-23-19-9-10-22-11-13-27(19)21/h5-8,18,22H,3-4,9-15H2,1-2H3/t18-/m1/s1. The van der Waals surface area contributed by atoms with Gasteiger partial charge in [0.2, 0.25) is 5.91 Å². The average molecular weight is 399 g/mol. The Balaban J connectivity index is 1.40. The van der Waals surface area contributed by atoms with E-state index in [1.54, 1.807) is 7.11 Å². The molecule has 2 aliphatic rings. The number of benzene rings is 1. The zero-order chi connectivity index (χ0) is 20.2. The zero-order valence-electron chi connectivity index (χ0n) is 17.3. The molecule has 0 saturated carbocycles. The van der Waals surface area contributed by atoms with Crippen LogP contribution in [0.4, 0.5) is 0 Å². The second kappa shape index (κ2) is 8.92. The van der Waals surface area contributed by atoms with Crippen molar-refractivity contribution >= 4 is 5.91 Å². The van der Waals surface area contributed by atoms with Crippen LogP contribution < -0.4 is 10.1 Å². The molecule has 2 aromatic rings. The summed E-state index contributed by atoms with van der Waals surface area (Å²) in [6.07, 6.45) is 2.86. The number of amides is 1. The number of fused-ring (bicyclic) bond motifs is 1. The smallest absolute Gasteiger partial charge is 0.237 e. The van der Waals surface area contributed by atoms with Gasteiger partial charge in [-0.2, -0.15) is 0 Å². The summed E-state index contributed by atoms with van der Waals surface area (Å²) in [5.74, 6) is 2.98. The first kappa shape index (κ1) is 19.8. The molecule has 3 heterocycles. The normalized spacial score (nSPS) is 19.3. The quantitative estimate of drug-likeness (QED) is 0.789. The maximum absolute atomic E-state index is 13.1. The van der Waals surface area contributed by atoms with Gasteiger partial charge in [-0.15, -0.1) is 10.2 Å². The monoisotopic (exact) mass is 398 g/mol. The van der Waals surface area contributed by atoms with E-state index in [9.17, 15) is 4.79 Å². The predicted molar refractivity (Wildman–Crippen MR) is 110 cm³/mol. The van der Waals surface area contributed by atoms with E-state index < -0.39 is 0 Å². The van der Waals surface area contributed by atoms with Gasteiger partial charge in [-0.1, -0.05) is 12.1 Å². The first-order chi connectivity index (χ1) is 14.2. The highest BCUT2D eigenvalue weighted by Crippen LogP contribution is 2.31. The molecule has 0 radical (unpaired) electrons. The zero-order valence-corrected chi connectivity index (χ0v) is 17.3. The molecule has 1 aromatic carbocycles. The Morgan fingerprint density at radius 3 is 2.86 bits per heavy atom. The van der Waals surface area contributed by atoms with E-state index in [0.29, 0.717) is 6.54 Å². The van der Waals surface area contributed by atoms with Crippen LogP contribution in [0.2, 0.25) is 0 Å². The molecule has 1 amide bonds. The van der Waals surface area contributed by atoms with Gasteiger partial charge in [0.25, 0.3) is 0 Å². The SMILES string of the molecule is COc1ccc(CN(C)CC(=O)N2CCC[C@@H]2c2nnc3n2CCNCC3)cc1. The molecular formula is C21H30N6O2. The van der Waals surface area contributed by atoms with Gasteiger partial charge in [0.1, 0.15) is 11.6 Å². The molecule has 1 aromatic heterocycles. The highest BCUT2D eigenvalue weighted by Gasteiger charge is 2.34. The molecule has 1 fully saturated rings. The number of likely N-dealkylation sites (N-methyl/N-ethyl adjacent to an activating group) is 1. The minimum atomic E-state index is 0.0382. The molecule has 4 rings (SSSR count). The van der Waals surface area contributed by atoms with Crippen LogP contribution in [0.1, 0.15) is 36.1 Å². The number of hydrogen-bond acceptors (Lipinski definition) is 6. The second-order valence-corrected chi connectivity index (χ2v) is 7.89. The summed E-state index contributed by atoms with van der Waals surface area (Å²) in [6.45, 7) is 4.63. The van der Waals surface area contributed by atoms with E-state index in [2.05, 4.69) is 25.0 Å². The highest BCUT2D eigenvalue weighted by atomic mass is 16.5. The molecule has 0 bridgehead atoms. The lowest BCUT2D eigenvalue weighted by Crippen LogP contribution is -2.39. The van der Waals surface area contributed by atoms with Crippen molar-refractivity contribution in [1.29, 1.82) is 0 Å². The van der Waals surface area contributed by atoms with Crippen LogP contribution in [-0.4, -0.2) is 70.8 Å². The first-order valence-electron chi connectivity index (χ1n) is 10.4.